The molecule has 15 heavy (non-hydrogen) atoms. The lowest BCUT2D eigenvalue weighted by Crippen LogP contribution is -1.83. The quantitative estimate of drug-likeness (QED) is 0.748. The molecule has 2 aromatic rings. The van der Waals surface area contributed by atoms with E-state index in [0.717, 1.165) is 16.7 Å². The standard InChI is InChI=1S/C11H8ClNOS/c1-7-2-4-8(5-3-7)10-9(6-14)13-11(12)15-10/h2-6H,1H3. The summed E-state index contributed by atoms with van der Waals surface area (Å²) in [4.78, 5) is 15.5. The zero-order valence-electron chi connectivity index (χ0n) is 8.03. The smallest absolute Gasteiger partial charge is 0.184 e. The number of rotatable bonds is 2. The SMILES string of the molecule is Cc1ccc(-c2sc(Cl)nc2C=O)cc1. The molecular formula is C11H8ClNOS. The zero-order valence-corrected chi connectivity index (χ0v) is 9.60. The van der Waals surface area contributed by atoms with Gasteiger partial charge in [-0.15, -0.1) is 11.3 Å². The highest BCUT2D eigenvalue weighted by atomic mass is 35.5. The van der Waals surface area contributed by atoms with Crippen molar-refractivity contribution >= 4 is 29.2 Å². The number of aromatic nitrogens is 1. The molecule has 4 heteroatoms. The summed E-state index contributed by atoms with van der Waals surface area (Å²) in [7, 11) is 0. The van der Waals surface area contributed by atoms with E-state index in [4.69, 9.17) is 11.6 Å². The van der Waals surface area contributed by atoms with Crippen molar-refractivity contribution in [1.29, 1.82) is 0 Å². The summed E-state index contributed by atoms with van der Waals surface area (Å²) in [6.07, 6.45) is 0.734. The lowest BCUT2D eigenvalue weighted by Gasteiger charge is -1.98. The van der Waals surface area contributed by atoms with Gasteiger partial charge in [-0.3, -0.25) is 4.79 Å². The van der Waals surface area contributed by atoms with Crippen molar-refractivity contribution in [2.45, 2.75) is 6.92 Å². The Labute approximate surface area is 96.5 Å². The zero-order chi connectivity index (χ0) is 10.8. The fourth-order valence-electron chi connectivity index (χ4n) is 1.30. The Bertz CT molecular complexity index is 490. The third kappa shape index (κ3) is 2.08. The van der Waals surface area contributed by atoms with Gasteiger partial charge in [0.2, 0.25) is 0 Å². The average Bonchev–Trinajstić information content (AvgIpc) is 2.61. The Hall–Kier alpha value is -1.19. The molecule has 2 nitrogen and oxygen atoms in total. The predicted octanol–water partition coefficient (Wildman–Crippen LogP) is 3.58. The maximum atomic E-state index is 10.8. The van der Waals surface area contributed by atoms with E-state index in [1.54, 1.807) is 0 Å². The minimum Gasteiger partial charge on any atom is -0.296 e. The fourth-order valence-corrected chi connectivity index (χ4v) is 2.38. The summed E-state index contributed by atoms with van der Waals surface area (Å²) < 4.78 is 0.396. The van der Waals surface area contributed by atoms with E-state index >= 15 is 0 Å². The molecule has 0 N–H and O–H groups in total. The third-order valence-electron chi connectivity index (χ3n) is 2.05. The van der Waals surface area contributed by atoms with Crippen LogP contribution in [-0.4, -0.2) is 11.3 Å². The van der Waals surface area contributed by atoms with E-state index < -0.39 is 0 Å². The van der Waals surface area contributed by atoms with Crippen molar-refractivity contribution < 1.29 is 4.79 Å². The van der Waals surface area contributed by atoms with Gasteiger partial charge in [-0.05, 0) is 12.5 Å². The van der Waals surface area contributed by atoms with Crippen LogP contribution >= 0.6 is 22.9 Å². The molecule has 0 saturated heterocycles. The van der Waals surface area contributed by atoms with Crippen LogP contribution in [0.3, 0.4) is 0 Å². The fraction of sp³-hybridized carbons (Fsp3) is 0.0909. The molecule has 0 bridgehead atoms. The molecular weight excluding hydrogens is 230 g/mol. The molecule has 1 heterocycles. The van der Waals surface area contributed by atoms with E-state index in [0.29, 0.717) is 10.2 Å². The second-order valence-corrected chi connectivity index (χ2v) is 4.75. The Morgan fingerprint density at radius 2 is 2.00 bits per heavy atom. The number of halogens is 1. The molecule has 0 amide bonds. The highest BCUT2D eigenvalue weighted by molar-refractivity contribution is 7.19. The van der Waals surface area contributed by atoms with Gasteiger partial charge in [-0.25, -0.2) is 4.98 Å². The first-order valence-corrected chi connectivity index (χ1v) is 5.58. The predicted molar refractivity (Wildman–Crippen MR) is 62.7 cm³/mol. The van der Waals surface area contributed by atoms with Gasteiger partial charge in [0, 0.05) is 0 Å². The summed E-state index contributed by atoms with van der Waals surface area (Å²) in [6, 6.07) is 7.92. The van der Waals surface area contributed by atoms with Crippen LogP contribution in [-0.2, 0) is 0 Å². The number of carbonyl (C=O) groups excluding carboxylic acids is 1. The molecule has 0 fully saturated rings. The van der Waals surface area contributed by atoms with Crippen LogP contribution in [0.4, 0.5) is 0 Å². The summed E-state index contributed by atoms with van der Waals surface area (Å²) in [5.41, 5.74) is 2.57. The van der Waals surface area contributed by atoms with E-state index in [-0.39, 0.29) is 0 Å². The second-order valence-electron chi connectivity index (χ2n) is 3.17. The van der Waals surface area contributed by atoms with Crippen LogP contribution < -0.4 is 0 Å². The molecule has 0 radical (unpaired) electrons. The number of nitrogens with zero attached hydrogens (tertiary/aromatic N) is 1. The maximum absolute atomic E-state index is 10.8. The largest absolute Gasteiger partial charge is 0.296 e. The first-order valence-electron chi connectivity index (χ1n) is 4.39. The molecule has 1 aromatic carbocycles. The number of carbonyl (C=O) groups is 1. The highest BCUT2D eigenvalue weighted by Gasteiger charge is 2.10. The van der Waals surface area contributed by atoms with Gasteiger partial charge >= 0.3 is 0 Å². The van der Waals surface area contributed by atoms with Crippen molar-refractivity contribution in [2.75, 3.05) is 0 Å². The average molecular weight is 238 g/mol. The summed E-state index contributed by atoms with van der Waals surface area (Å²) in [5, 5.41) is 0. The molecule has 0 aliphatic carbocycles. The number of thiazole rings is 1. The Kier molecular flexibility index (Phi) is 2.84. The number of hydrogen-bond acceptors (Lipinski definition) is 3. The Morgan fingerprint density at radius 1 is 1.33 bits per heavy atom. The van der Waals surface area contributed by atoms with Crippen LogP contribution in [0.5, 0.6) is 0 Å². The number of benzene rings is 1. The lowest BCUT2D eigenvalue weighted by atomic mass is 10.1. The number of aldehydes is 1. The molecule has 2 rings (SSSR count). The van der Waals surface area contributed by atoms with Crippen LogP contribution in [0, 0.1) is 6.92 Å². The van der Waals surface area contributed by atoms with Crippen LogP contribution in [0.15, 0.2) is 24.3 Å². The van der Waals surface area contributed by atoms with E-state index in [9.17, 15) is 4.79 Å². The van der Waals surface area contributed by atoms with Gasteiger partial charge in [-0.2, -0.15) is 0 Å². The molecule has 76 valence electrons. The van der Waals surface area contributed by atoms with Crippen molar-refractivity contribution in [1.82, 2.24) is 4.98 Å². The lowest BCUT2D eigenvalue weighted by molar-refractivity contribution is 0.112. The summed E-state index contributed by atoms with van der Waals surface area (Å²) >= 11 is 7.09. The topological polar surface area (TPSA) is 30.0 Å². The van der Waals surface area contributed by atoms with Gasteiger partial charge in [0.15, 0.2) is 10.8 Å². The maximum Gasteiger partial charge on any atom is 0.184 e. The van der Waals surface area contributed by atoms with Crippen molar-refractivity contribution in [3.8, 4) is 10.4 Å². The van der Waals surface area contributed by atoms with Crippen LogP contribution in [0.1, 0.15) is 16.1 Å². The minimum atomic E-state index is 0.396. The first kappa shape index (κ1) is 10.3. The van der Waals surface area contributed by atoms with Crippen molar-refractivity contribution in [3.63, 3.8) is 0 Å². The number of aryl methyl sites for hydroxylation is 1. The normalized spacial score (nSPS) is 10.3. The molecule has 0 aliphatic rings. The number of hydrogen-bond donors (Lipinski definition) is 0. The summed E-state index contributed by atoms with van der Waals surface area (Å²) in [5.74, 6) is 0. The van der Waals surface area contributed by atoms with Gasteiger partial charge in [0.25, 0.3) is 0 Å². The first-order chi connectivity index (χ1) is 7.20. The molecule has 1 aromatic heterocycles. The second kappa shape index (κ2) is 4.13. The van der Waals surface area contributed by atoms with E-state index in [1.165, 1.54) is 16.9 Å². The van der Waals surface area contributed by atoms with Crippen LogP contribution in [0.2, 0.25) is 4.47 Å². The third-order valence-corrected chi connectivity index (χ3v) is 3.28. The molecule has 0 saturated carbocycles. The minimum absolute atomic E-state index is 0.396. The van der Waals surface area contributed by atoms with Crippen molar-refractivity contribution in [3.05, 3.63) is 40.0 Å². The van der Waals surface area contributed by atoms with Gasteiger partial charge in [0.05, 0.1) is 4.88 Å². The van der Waals surface area contributed by atoms with Crippen LogP contribution in [0.25, 0.3) is 10.4 Å². The molecule has 0 atom stereocenters. The highest BCUT2D eigenvalue weighted by Crippen LogP contribution is 2.31. The van der Waals surface area contributed by atoms with Gasteiger partial charge < -0.3 is 0 Å². The molecule has 0 aliphatic heterocycles. The monoisotopic (exact) mass is 237 g/mol. The van der Waals surface area contributed by atoms with Crippen molar-refractivity contribution in [2.24, 2.45) is 0 Å². The molecule has 0 unspecified atom stereocenters. The molecule has 0 spiro atoms. The van der Waals surface area contributed by atoms with Gasteiger partial charge in [0.1, 0.15) is 5.69 Å². The van der Waals surface area contributed by atoms with E-state index in [2.05, 4.69) is 4.98 Å². The Morgan fingerprint density at radius 3 is 2.60 bits per heavy atom. The van der Waals surface area contributed by atoms with E-state index in [1.807, 2.05) is 31.2 Å². The summed E-state index contributed by atoms with van der Waals surface area (Å²) in [6.45, 7) is 2.02. The van der Waals surface area contributed by atoms with Gasteiger partial charge in [-0.1, -0.05) is 41.4 Å². The Balaban J connectivity index is 2.52.